The molecule has 1 aromatic carbocycles. The van der Waals surface area contributed by atoms with Crippen LogP contribution in [0.4, 0.5) is 0 Å². The van der Waals surface area contributed by atoms with E-state index in [9.17, 15) is 5.11 Å². The Bertz CT molecular complexity index is 609. The quantitative estimate of drug-likeness (QED) is 0.890. The van der Waals surface area contributed by atoms with Crippen molar-refractivity contribution >= 4 is 0 Å². The van der Waals surface area contributed by atoms with Crippen molar-refractivity contribution in [3.8, 4) is 0 Å². The second kappa shape index (κ2) is 5.34. The number of aliphatic hydroxyl groups is 1. The lowest BCUT2D eigenvalue weighted by molar-refractivity contribution is 0.191. The van der Waals surface area contributed by atoms with Crippen LogP contribution in [0.25, 0.3) is 0 Å². The molecule has 3 rings (SSSR count). The minimum absolute atomic E-state index is 0.0222. The third-order valence-corrected chi connectivity index (χ3v) is 3.82. The fourth-order valence-corrected chi connectivity index (χ4v) is 2.48. The number of β-amino-alcohol motifs (C(OH)–C–C–N with tert-alkyl or cyclic N) is 1. The SMILES string of the molecule is Cc1ccc(Cc2noc([C@@H]3C[C@H](O)CN3)n2)cc1C. The molecule has 1 aliphatic heterocycles. The van der Waals surface area contributed by atoms with E-state index in [1.165, 1.54) is 16.7 Å². The Balaban J connectivity index is 1.72. The van der Waals surface area contributed by atoms with Crippen molar-refractivity contribution in [3.63, 3.8) is 0 Å². The molecule has 0 aliphatic carbocycles. The van der Waals surface area contributed by atoms with Crippen LogP contribution in [0.1, 0.15) is 40.9 Å². The highest BCUT2D eigenvalue weighted by molar-refractivity contribution is 5.31. The molecule has 2 atom stereocenters. The van der Waals surface area contributed by atoms with E-state index in [2.05, 4.69) is 47.5 Å². The van der Waals surface area contributed by atoms with E-state index in [1.54, 1.807) is 0 Å². The Morgan fingerprint density at radius 1 is 1.35 bits per heavy atom. The van der Waals surface area contributed by atoms with Crippen molar-refractivity contribution in [1.29, 1.82) is 0 Å². The van der Waals surface area contributed by atoms with Crippen LogP contribution in [-0.4, -0.2) is 27.9 Å². The lowest BCUT2D eigenvalue weighted by atomic mass is 10.0. The molecule has 0 unspecified atom stereocenters. The van der Waals surface area contributed by atoms with Crippen molar-refractivity contribution in [3.05, 3.63) is 46.6 Å². The van der Waals surface area contributed by atoms with Crippen LogP contribution >= 0.6 is 0 Å². The van der Waals surface area contributed by atoms with Crippen molar-refractivity contribution in [2.75, 3.05) is 6.54 Å². The maximum Gasteiger partial charge on any atom is 0.243 e. The highest BCUT2D eigenvalue weighted by Gasteiger charge is 2.28. The second-order valence-corrected chi connectivity index (χ2v) is 5.49. The molecule has 0 amide bonds. The van der Waals surface area contributed by atoms with Crippen LogP contribution in [0.5, 0.6) is 0 Å². The molecular weight excluding hydrogens is 254 g/mol. The van der Waals surface area contributed by atoms with Crippen molar-refractivity contribution in [2.24, 2.45) is 0 Å². The molecule has 1 aromatic heterocycles. The van der Waals surface area contributed by atoms with Gasteiger partial charge in [-0.3, -0.25) is 0 Å². The van der Waals surface area contributed by atoms with Gasteiger partial charge in [-0.15, -0.1) is 0 Å². The maximum absolute atomic E-state index is 9.51. The fourth-order valence-electron chi connectivity index (χ4n) is 2.48. The summed E-state index contributed by atoms with van der Waals surface area (Å²) in [7, 11) is 0. The van der Waals surface area contributed by atoms with Gasteiger partial charge in [-0.25, -0.2) is 0 Å². The number of nitrogens with zero attached hydrogens (tertiary/aromatic N) is 2. The Morgan fingerprint density at radius 3 is 2.90 bits per heavy atom. The number of aryl methyl sites for hydroxylation is 2. The Kier molecular flexibility index (Phi) is 3.54. The average molecular weight is 273 g/mol. The van der Waals surface area contributed by atoms with Gasteiger partial charge in [0.15, 0.2) is 5.82 Å². The van der Waals surface area contributed by atoms with Crippen molar-refractivity contribution < 1.29 is 9.63 Å². The first-order chi connectivity index (χ1) is 9.61. The molecule has 1 fully saturated rings. The number of rotatable bonds is 3. The molecule has 0 spiro atoms. The summed E-state index contributed by atoms with van der Waals surface area (Å²) >= 11 is 0. The summed E-state index contributed by atoms with van der Waals surface area (Å²) < 4.78 is 5.29. The molecule has 2 N–H and O–H groups in total. The van der Waals surface area contributed by atoms with E-state index in [4.69, 9.17) is 4.52 Å². The van der Waals surface area contributed by atoms with Gasteiger partial charge in [-0.2, -0.15) is 4.98 Å². The number of hydrogen-bond acceptors (Lipinski definition) is 5. The van der Waals surface area contributed by atoms with E-state index in [-0.39, 0.29) is 12.1 Å². The van der Waals surface area contributed by atoms with Crippen molar-refractivity contribution in [2.45, 2.75) is 38.8 Å². The molecule has 1 saturated heterocycles. The molecule has 106 valence electrons. The van der Waals surface area contributed by atoms with Gasteiger partial charge < -0.3 is 14.9 Å². The van der Waals surface area contributed by atoms with Crippen LogP contribution in [0.15, 0.2) is 22.7 Å². The summed E-state index contributed by atoms with van der Waals surface area (Å²) in [6, 6.07) is 6.34. The third-order valence-electron chi connectivity index (χ3n) is 3.82. The third kappa shape index (κ3) is 2.73. The molecule has 0 bridgehead atoms. The zero-order valence-corrected chi connectivity index (χ0v) is 11.8. The Labute approximate surface area is 118 Å². The summed E-state index contributed by atoms with van der Waals surface area (Å²) in [5.41, 5.74) is 3.73. The van der Waals surface area contributed by atoms with Gasteiger partial charge in [0, 0.05) is 13.0 Å². The van der Waals surface area contributed by atoms with Gasteiger partial charge in [0.05, 0.1) is 12.1 Å². The van der Waals surface area contributed by atoms with Gasteiger partial charge in [-0.05, 0) is 37.0 Å². The van der Waals surface area contributed by atoms with Crippen LogP contribution in [-0.2, 0) is 6.42 Å². The second-order valence-electron chi connectivity index (χ2n) is 5.49. The molecule has 2 heterocycles. The number of aliphatic hydroxyl groups excluding tert-OH is 1. The molecule has 0 saturated carbocycles. The summed E-state index contributed by atoms with van der Waals surface area (Å²) in [6.45, 7) is 4.78. The highest BCUT2D eigenvalue weighted by Crippen LogP contribution is 2.22. The van der Waals surface area contributed by atoms with Gasteiger partial charge in [0.25, 0.3) is 0 Å². The van der Waals surface area contributed by atoms with Crippen LogP contribution < -0.4 is 5.32 Å². The lowest BCUT2D eigenvalue weighted by Crippen LogP contribution is -2.15. The first-order valence-electron chi connectivity index (χ1n) is 6.92. The largest absolute Gasteiger partial charge is 0.392 e. The minimum atomic E-state index is -0.324. The molecule has 5 heteroatoms. The molecule has 20 heavy (non-hydrogen) atoms. The molecular formula is C15H19N3O2. The molecule has 0 radical (unpaired) electrons. The van der Waals surface area contributed by atoms with Gasteiger partial charge >= 0.3 is 0 Å². The lowest BCUT2D eigenvalue weighted by Gasteiger charge is -2.03. The standard InChI is InChI=1S/C15H19N3O2/c1-9-3-4-11(5-10(9)2)6-14-17-15(20-18-14)13-7-12(19)8-16-13/h3-5,12-13,16,19H,6-8H2,1-2H3/t12-,13-/m0/s1. The Morgan fingerprint density at radius 2 is 2.20 bits per heavy atom. The van der Waals surface area contributed by atoms with Gasteiger partial charge in [-0.1, -0.05) is 23.4 Å². The smallest absolute Gasteiger partial charge is 0.243 e. The molecule has 1 aliphatic rings. The van der Waals surface area contributed by atoms with E-state index in [0.717, 1.165) is 0 Å². The van der Waals surface area contributed by atoms with Gasteiger partial charge in [0.2, 0.25) is 5.89 Å². The fraction of sp³-hybridized carbons (Fsp3) is 0.467. The zero-order valence-electron chi connectivity index (χ0n) is 11.8. The Hall–Kier alpha value is -1.72. The monoisotopic (exact) mass is 273 g/mol. The average Bonchev–Trinajstić information content (AvgIpc) is 3.03. The minimum Gasteiger partial charge on any atom is -0.392 e. The van der Waals surface area contributed by atoms with Crippen LogP contribution in [0.2, 0.25) is 0 Å². The van der Waals surface area contributed by atoms with Crippen molar-refractivity contribution in [1.82, 2.24) is 15.5 Å². The van der Waals surface area contributed by atoms with Crippen LogP contribution in [0.3, 0.4) is 0 Å². The predicted octanol–water partition coefficient (Wildman–Crippen LogP) is 1.67. The number of hydrogen-bond donors (Lipinski definition) is 2. The summed E-state index contributed by atoms with van der Waals surface area (Å²) in [5.74, 6) is 1.26. The number of benzene rings is 1. The predicted molar refractivity (Wildman–Crippen MR) is 74.4 cm³/mol. The maximum atomic E-state index is 9.51. The molecule has 5 nitrogen and oxygen atoms in total. The number of nitrogens with one attached hydrogen (secondary N) is 1. The first kappa shape index (κ1) is 13.3. The van der Waals surface area contributed by atoms with Crippen LogP contribution in [0, 0.1) is 13.8 Å². The highest BCUT2D eigenvalue weighted by atomic mass is 16.5. The van der Waals surface area contributed by atoms with Gasteiger partial charge in [0.1, 0.15) is 0 Å². The normalized spacial score (nSPS) is 22.4. The van der Waals surface area contributed by atoms with E-state index < -0.39 is 0 Å². The van der Waals surface area contributed by atoms with E-state index in [0.29, 0.717) is 31.1 Å². The van der Waals surface area contributed by atoms with E-state index >= 15 is 0 Å². The topological polar surface area (TPSA) is 71.2 Å². The zero-order chi connectivity index (χ0) is 14.1. The van der Waals surface area contributed by atoms with E-state index in [1.807, 2.05) is 0 Å². The summed E-state index contributed by atoms with van der Waals surface area (Å²) in [5, 5.41) is 16.7. The summed E-state index contributed by atoms with van der Waals surface area (Å²) in [4.78, 5) is 4.42. The summed E-state index contributed by atoms with van der Waals surface area (Å²) in [6.07, 6.45) is 0.973. The molecule has 2 aromatic rings. The number of aromatic nitrogens is 2. The first-order valence-corrected chi connectivity index (χ1v) is 6.92.